The van der Waals surface area contributed by atoms with Crippen LogP contribution in [-0.2, 0) is 14.3 Å². The van der Waals surface area contributed by atoms with E-state index in [0.29, 0.717) is 24.8 Å². The molecule has 1 unspecified atom stereocenters. The highest BCUT2D eigenvalue weighted by Crippen LogP contribution is 2.18. The maximum atomic E-state index is 13.2. The molecular formula is C18H26FIN4O3. The van der Waals surface area contributed by atoms with Gasteiger partial charge in [0.25, 0.3) is 0 Å². The summed E-state index contributed by atoms with van der Waals surface area (Å²) in [5.41, 5.74) is 0.395. The van der Waals surface area contributed by atoms with Crippen molar-refractivity contribution in [3.8, 4) is 0 Å². The Balaban J connectivity index is 0.00000364. The van der Waals surface area contributed by atoms with E-state index in [1.165, 1.54) is 18.2 Å². The van der Waals surface area contributed by atoms with E-state index < -0.39 is 5.82 Å². The van der Waals surface area contributed by atoms with Gasteiger partial charge in [-0.1, -0.05) is 6.07 Å². The Bertz CT molecular complexity index is 672. The number of hydrogen-bond donors (Lipinski definition) is 2. The second-order valence-corrected chi connectivity index (χ2v) is 6.00. The van der Waals surface area contributed by atoms with Gasteiger partial charge in [-0.3, -0.25) is 14.6 Å². The second-order valence-electron chi connectivity index (χ2n) is 6.00. The molecule has 1 atom stereocenters. The van der Waals surface area contributed by atoms with Crippen molar-refractivity contribution in [1.29, 1.82) is 0 Å². The van der Waals surface area contributed by atoms with Gasteiger partial charge in [-0.25, -0.2) is 4.39 Å². The lowest BCUT2D eigenvalue weighted by atomic mass is 9.98. The highest BCUT2D eigenvalue weighted by atomic mass is 127. The minimum Gasteiger partial charge on any atom is -0.466 e. The first kappa shape index (κ1) is 23.1. The average Bonchev–Trinajstić information content (AvgIpc) is 2.63. The summed E-state index contributed by atoms with van der Waals surface area (Å²) < 4.78 is 18.3. The van der Waals surface area contributed by atoms with Crippen molar-refractivity contribution < 1.29 is 18.7 Å². The summed E-state index contributed by atoms with van der Waals surface area (Å²) in [6, 6.07) is 5.71. The lowest BCUT2D eigenvalue weighted by Crippen LogP contribution is -2.49. The Morgan fingerprint density at radius 2 is 2.19 bits per heavy atom. The number of nitrogens with zero attached hydrogens (tertiary/aromatic N) is 2. The molecule has 1 aliphatic rings. The first-order chi connectivity index (χ1) is 12.5. The molecular weight excluding hydrogens is 466 g/mol. The molecule has 1 heterocycles. The monoisotopic (exact) mass is 492 g/mol. The fourth-order valence-corrected chi connectivity index (χ4v) is 2.89. The van der Waals surface area contributed by atoms with Crippen LogP contribution in [0.25, 0.3) is 0 Å². The van der Waals surface area contributed by atoms with Crippen LogP contribution in [0.5, 0.6) is 0 Å². The van der Waals surface area contributed by atoms with Crippen molar-refractivity contribution in [3.05, 3.63) is 30.1 Å². The molecule has 0 radical (unpaired) electrons. The van der Waals surface area contributed by atoms with Gasteiger partial charge in [0.05, 0.1) is 19.1 Å². The average molecular weight is 492 g/mol. The number of guanidine groups is 1. The quantitative estimate of drug-likeness (QED) is 0.285. The molecule has 0 spiro atoms. The third kappa shape index (κ3) is 7.31. The van der Waals surface area contributed by atoms with Crippen molar-refractivity contribution in [3.63, 3.8) is 0 Å². The molecule has 1 aliphatic heterocycles. The van der Waals surface area contributed by atoms with Crippen LogP contribution in [0.2, 0.25) is 0 Å². The third-order valence-electron chi connectivity index (χ3n) is 4.07. The first-order valence-corrected chi connectivity index (χ1v) is 8.71. The van der Waals surface area contributed by atoms with Crippen LogP contribution in [0.3, 0.4) is 0 Å². The van der Waals surface area contributed by atoms with Gasteiger partial charge < -0.3 is 20.3 Å². The summed E-state index contributed by atoms with van der Waals surface area (Å²) in [6.45, 7) is 3.40. The van der Waals surface area contributed by atoms with Gasteiger partial charge in [-0.2, -0.15) is 0 Å². The second kappa shape index (κ2) is 11.7. The highest BCUT2D eigenvalue weighted by molar-refractivity contribution is 14.0. The lowest BCUT2D eigenvalue weighted by molar-refractivity contribution is -0.149. The molecule has 1 saturated heterocycles. The predicted octanol–water partition coefficient (Wildman–Crippen LogP) is 2.23. The lowest BCUT2D eigenvalue weighted by Gasteiger charge is -2.33. The molecule has 1 aromatic rings. The number of amides is 1. The topological polar surface area (TPSA) is 83.0 Å². The van der Waals surface area contributed by atoms with Gasteiger partial charge in [0.15, 0.2) is 5.96 Å². The smallest absolute Gasteiger partial charge is 0.310 e. The van der Waals surface area contributed by atoms with Gasteiger partial charge in [-0.05, 0) is 38.0 Å². The van der Waals surface area contributed by atoms with Gasteiger partial charge in [-0.15, -0.1) is 24.0 Å². The molecule has 0 bridgehead atoms. The number of ether oxygens (including phenoxy) is 1. The summed E-state index contributed by atoms with van der Waals surface area (Å²) in [4.78, 5) is 30.1. The fraction of sp³-hybridized carbons (Fsp3) is 0.500. The maximum Gasteiger partial charge on any atom is 0.310 e. The van der Waals surface area contributed by atoms with Crippen LogP contribution in [-0.4, -0.2) is 56.0 Å². The summed E-state index contributed by atoms with van der Waals surface area (Å²) >= 11 is 0. The Morgan fingerprint density at radius 1 is 1.41 bits per heavy atom. The molecule has 1 amide bonds. The number of hydrogen-bond acceptors (Lipinski definition) is 4. The van der Waals surface area contributed by atoms with Gasteiger partial charge in [0, 0.05) is 25.8 Å². The van der Waals surface area contributed by atoms with Crippen LogP contribution in [0.1, 0.15) is 19.8 Å². The van der Waals surface area contributed by atoms with E-state index in [1.54, 1.807) is 20.0 Å². The number of benzene rings is 1. The normalized spacial score (nSPS) is 16.9. The summed E-state index contributed by atoms with van der Waals surface area (Å²) in [5.74, 6) is -0.561. The minimum atomic E-state index is -0.412. The zero-order chi connectivity index (χ0) is 18.9. The van der Waals surface area contributed by atoms with Crippen LogP contribution >= 0.6 is 24.0 Å². The standard InChI is InChI=1S/C18H25FN4O3.HI/c1-3-26-17(25)13-6-5-9-23(12-13)18(20-2)21-11-16(24)22-15-8-4-7-14(19)10-15;/h4,7-8,10,13H,3,5-6,9,11-12H2,1-2H3,(H,20,21)(H,22,24);1H. The molecule has 7 nitrogen and oxygen atoms in total. The largest absolute Gasteiger partial charge is 0.466 e. The van der Waals surface area contributed by atoms with Crippen LogP contribution in [0.4, 0.5) is 10.1 Å². The SMILES string of the molecule is CCOC(=O)C1CCCN(C(=NC)NCC(=O)Nc2cccc(F)c2)C1.I. The zero-order valence-corrected chi connectivity index (χ0v) is 17.9. The number of aliphatic imine (C=N–C) groups is 1. The number of rotatable bonds is 5. The van der Waals surface area contributed by atoms with Crippen molar-refractivity contribution in [1.82, 2.24) is 10.2 Å². The molecule has 150 valence electrons. The number of halogens is 2. The van der Waals surface area contributed by atoms with Crippen molar-refractivity contribution in [2.24, 2.45) is 10.9 Å². The van der Waals surface area contributed by atoms with Gasteiger partial charge >= 0.3 is 5.97 Å². The third-order valence-corrected chi connectivity index (χ3v) is 4.07. The molecule has 2 rings (SSSR count). The van der Waals surface area contributed by atoms with Crippen molar-refractivity contribution in [2.45, 2.75) is 19.8 Å². The maximum absolute atomic E-state index is 13.2. The predicted molar refractivity (Wildman–Crippen MR) is 113 cm³/mol. The van der Waals surface area contributed by atoms with E-state index in [0.717, 1.165) is 19.4 Å². The van der Waals surface area contributed by atoms with Crippen LogP contribution < -0.4 is 10.6 Å². The first-order valence-electron chi connectivity index (χ1n) is 8.71. The van der Waals surface area contributed by atoms with E-state index >= 15 is 0 Å². The Labute approximate surface area is 175 Å². The minimum absolute atomic E-state index is 0. The number of piperidine rings is 1. The fourth-order valence-electron chi connectivity index (χ4n) is 2.89. The Kier molecular flexibility index (Phi) is 10.0. The molecule has 1 aromatic carbocycles. The Hall–Kier alpha value is -1.91. The van der Waals surface area contributed by atoms with E-state index in [1.807, 2.05) is 4.90 Å². The molecule has 0 aromatic heterocycles. The molecule has 9 heteroatoms. The molecule has 1 fully saturated rings. The van der Waals surface area contributed by atoms with E-state index in [-0.39, 0.29) is 48.3 Å². The summed E-state index contributed by atoms with van der Waals surface area (Å²) in [7, 11) is 1.63. The van der Waals surface area contributed by atoms with Crippen molar-refractivity contribution >= 4 is 47.5 Å². The number of nitrogens with one attached hydrogen (secondary N) is 2. The number of likely N-dealkylation sites (tertiary alicyclic amines) is 1. The van der Waals surface area contributed by atoms with E-state index in [4.69, 9.17) is 4.74 Å². The molecule has 27 heavy (non-hydrogen) atoms. The van der Waals surface area contributed by atoms with Gasteiger partial charge in [0.1, 0.15) is 5.82 Å². The molecule has 0 saturated carbocycles. The van der Waals surface area contributed by atoms with Crippen LogP contribution in [0, 0.1) is 11.7 Å². The van der Waals surface area contributed by atoms with E-state index in [2.05, 4.69) is 15.6 Å². The number of carbonyl (C=O) groups is 2. The number of carbonyl (C=O) groups excluding carboxylic acids is 2. The number of esters is 1. The summed E-state index contributed by atoms with van der Waals surface area (Å²) in [5, 5.41) is 5.60. The van der Waals surface area contributed by atoms with E-state index in [9.17, 15) is 14.0 Å². The Morgan fingerprint density at radius 3 is 2.85 bits per heavy atom. The summed E-state index contributed by atoms with van der Waals surface area (Å²) in [6.07, 6.45) is 1.63. The van der Waals surface area contributed by atoms with Crippen LogP contribution in [0.15, 0.2) is 29.3 Å². The van der Waals surface area contributed by atoms with Crippen molar-refractivity contribution in [2.75, 3.05) is 38.6 Å². The molecule has 2 N–H and O–H groups in total. The molecule has 0 aliphatic carbocycles. The highest BCUT2D eigenvalue weighted by Gasteiger charge is 2.28. The number of anilines is 1. The van der Waals surface area contributed by atoms with Gasteiger partial charge in [0.2, 0.25) is 5.91 Å². The zero-order valence-electron chi connectivity index (χ0n) is 15.5.